The van der Waals surface area contributed by atoms with E-state index in [2.05, 4.69) is 12.1 Å². The first-order chi connectivity index (χ1) is 9.49. The maximum atomic E-state index is 11.7. The molecule has 104 valence electrons. The highest BCUT2D eigenvalue weighted by atomic mass is 16.4. The Morgan fingerprint density at radius 1 is 1.05 bits per heavy atom. The lowest BCUT2D eigenvalue weighted by atomic mass is 9.85. The first kappa shape index (κ1) is 14.3. The summed E-state index contributed by atoms with van der Waals surface area (Å²) >= 11 is 0. The molecule has 20 heavy (non-hydrogen) atoms. The zero-order valence-corrected chi connectivity index (χ0v) is 12.2. The second-order valence-corrected chi connectivity index (χ2v) is 5.39. The first-order valence-corrected chi connectivity index (χ1v) is 6.83. The highest BCUT2D eigenvalue weighted by Gasteiger charge is 2.23. The average molecular weight is 268 g/mol. The van der Waals surface area contributed by atoms with E-state index in [1.165, 1.54) is 5.56 Å². The molecule has 0 aromatic heterocycles. The molecule has 0 saturated carbocycles. The van der Waals surface area contributed by atoms with Crippen molar-refractivity contribution in [2.24, 2.45) is 0 Å². The Morgan fingerprint density at radius 3 is 2.10 bits per heavy atom. The number of aryl methyl sites for hydroxylation is 3. The summed E-state index contributed by atoms with van der Waals surface area (Å²) in [5.74, 6) is -1.25. The molecule has 0 radical (unpaired) electrons. The Morgan fingerprint density at radius 2 is 1.60 bits per heavy atom. The Kier molecular flexibility index (Phi) is 4.23. The molecule has 2 heteroatoms. The SMILES string of the molecule is Cc1cc(C)c(C(Cc2ccccc2)C(=O)O)c(C)c1. The molecule has 1 N–H and O–H groups in total. The Labute approximate surface area is 120 Å². The smallest absolute Gasteiger partial charge is 0.311 e. The van der Waals surface area contributed by atoms with Gasteiger partial charge in [0.1, 0.15) is 0 Å². The van der Waals surface area contributed by atoms with Crippen molar-refractivity contribution in [2.75, 3.05) is 0 Å². The molecule has 0 aliphatic carbocycles. The van der Waals surface area contributed by atoms with Gasteiger partial charge in [-0.15, -0.1) is 0 Å². The Hall–Kier alpha value is -2.09. The molecular formula is C18H20O2. The molecule has 0 saturated heterocycles. The Bertz CT molecular complexity index is 592. The fourth-order valence-electron chi connectivity index (χ4n) is 2.90. The molecule has 0 spiro atoms. The number of benzene rings is 2. The summed E-state index contributed by atoms with van der Waals surface area (Å²) in [5.41, 5.74) is 5.30. The van der Waals surface area contributed by atoms with Crippen LogP contribution in [0.4, 0.5) is 0 Å². The lowest BCUT2D eigenvalue weighted by molar-refractivity contribution is -0.138. The van der Waals surface area contributed by atoms with Crippen LogP contribution in [0, 0.1) is 20.8 Å². The first-order valence-electron chi connectivity index (χ1n) is 6.83. The predicted octanol–water partition coefficient (Wildman–Crippen LogP) is 4.02. The van der Waals surface area contributed by atoms with Crippen LogP contribution in [0.5, 0.6) is 0 Å². The van der Waals surface area contributed by atoms with Crippen LogP contribution in [0.2, 0.25) is 0 Å². The summed E-state index contributed by atoms with van der Waals surface area (Å²) in [4.78, 5) is 11.7. The van der Waals surface area contributed by atoms with Gasteiger partial charge in [-0.3, -0.25) is 4.79 Å². The van der Waals surface area contributed by atoms with Gasteiger partial charge in [-0.25, -0.2) is 0 Å². The fourth-order valence-corrected chi connectivity index (χ4v) is 2.90. The van der Waals surface area contributed by atoms with E-state index in [1.807, 2.05) is 51.1 Å². The van der Waals surface area contributed by atoms with Crippen LogP contribution in [0.15, 0.2) is 42.5 Å². The third-order valence-corrected chi connectivity index (χ3v) is 3.67. The molecule has 1 atom stereocenters. The number of carboxylic acids is 1. The van der Waals surface area contributed by atoms with Gasteiger partial charge >= 0.3 is 5.97 Å². The molecule has 2 rings (SSSR count). The summed E-state index contributed by atoms with van der Waals surface area (Å²) in [6.07, 6.45) is 0.529. The standard InChI is InChI=1S/C18H20O2/c1-12-9-13(2)17(14(3)10-12)16(18(19)20)11-15-7-5-4-6-8-15/h4-10,16H,11H2,1-3H3,(H,19,20). The third kappa shape index (κ3) is 3.08. The minimum Gasteiger partial charge on any atom is -0.481 e. The number of hydrogen-bond acceptors (Lipinski definition) is 1. The van der Waals surface area contributed by atoms with Crippen LogP contribution in [0.3, 0.4) is 0 Å². The van der Waals surface area contributed by atoms with Crippen LogP contribution < -0.4 is 0 Å². The van der Waals surface area contributed by atoms with E-state index in [-0.39, 0.29) is 0 Å². The van der Waals surface area contributed by atoms with E-state index in [4.69, 9.17) is 0 Å². The van der Waals surface area contributed by atoms with Crippen molar-refractivity contribution < 1.29 is 9.90 Å². The van der Waals surface area contributed by atoms with Gasteiger partial charge in [0.25, 0.3) is 0 Å². The van der Waals surface area contributed by atoms with Crippen LogP contribution >= 0.6 is 0 Å². The molecule has 0 aliphatic heterocycles. The molecule has 2 nitrogen and oxygen atoms in total. The minimum absolute atomic E-state index is 0.488. The maximum Gasteiger partial charge on any atom is 0.311 e. The van der Waals surface area contributed by atoms with Gasteiger partial charge in [0, 0.05) is 0 Å². The average Bonchev–Trinajstić information content (AvgIpc) is 2.37. The molecule has 0 aliphatic rings. The predicted molar refractivity (Wildman–Crippen MR) is 81.2 cm³/mol. The van der Waals surface area contributed by atoms with Gasteiger partial charge in [0.15, 0.2) is 0 Å². The van der Waals surface area contributed by atoms with E-state index in [0.29, 0.717) is 6.42 Å². The Balaban J connectivity index is 2.42. The maximum absolute atomic E-state index is 11.7. The largest absolute Gasteiger partial charge is 0.481 e. The van der Waals surface area contributed by atoms with Crippen LogP contribution in [-0.4, -0.2) is 11.1 Å². The van der Waals surface area contributed by atoms with Gasteiger partial charge in [0.2, 0.25) is 0 Å². The number of carboxylic acid groups (broad SMARTS) is 1. The molecular weight excluding hydrogens is 248 g/mol. The normalized spacial score (nSPS) is 12.2. The van der Waals surface area contributed by atoms with Crippen molar-refractivity contribution in [3.05, 3.63) is 70.3 Å². The third-order valence-electron chi connectivity index (χ3n) is 3.67. The van der Waals surface area contributed by atoms with Crippen molar-refractivity contribution in [3.63, 3.8) is 0 Å². The van der Waals surface area contributed by atoms with E-state index in [1.54, 1.807) is 0 Å². The zero-order valence-electron chi connectivity index (χ0n) is 12.2. The van der Waals surface area contributed by atoms with E-state index in [9.17, 15) is 9.90 Å². The summed E-state index contributed by atoms with van der Waals surface area (Å²) in [5, 5.41) is 9.61. The minimum atomic E-state index is -0.760. The highest BCUT2D eigenvalue weighted by Crippen LogP contribution is 2.28. The lowest BCUT2D eigenvalue weighted by Gasteiger charge is -2.19. The zero-order chi connectivity index (χ0) is 14.7. The van der Waals surface area contributed by atoms with Gasteiger partial charge in [0.05, 0.1) is 5.92 Å². The topological polar surface area (TPSA) is 37.3 Å². The summed E-state index contributed by atoms with van der Waals surface area (Å²) in [6.45, 7) is 6.03. The van der Waals surface area contributed by atoms with Crippen molar-refractivity contribution >= 4 is 5.97 Å². The van der Waals surface area contributed by atoms with Gasteiger partial charge < -0.3 is 5.11 Å². The number of aliphatic carboxylic acids is 1. The number of carbonyl (C=O) groups is 1. The van der Waals surface area contributed by atoms with Crippen LogP contribution in [-0.2, 0) is 11.2 Å². The second-order valence-electron chi connectivity index (χ2n) is 5.39. The number of hydrogen-bond donors (Lipinski definition) is 1. The molecule has 0 heterocycles. The van der Waals surface area contributed by atoms with Crippen molar-refractivity contribution in [3.8, 4) is 0 Å². The van der Waals surface area contributed by atoms with E-state index >= 15 is 0 Å². The monoisotopic (exact) mass is 268 g/mol. The number of rotatable bonds is 4. The van der Waals surface area contributed by atoms with Crippen molar-refractivity contribution in [1.82, 2.24) is 0 Å². The van der Waals surface area contributed by atoms with Crippen LogP contribution in [0.25, 0.3) is 0 Å². The van der Waals surface area contributed by atoms with E-state index in [0.717, 1.165) is 22.3 Å². The van der Waals surface area contributed by atoms with Gasteiger partial charge in [-0.2, -0.15) is 0 Å². The molecule has 0 fully saturated rings. The molecule has 0 amide bonds. The molecule has 2 aromatic rings. The van der Waals surface area contributed by atoms with Crippen molar-refractivity contribution in [2.45, 2.75) is 33.1 Å². The molecule has 1 unspecified atom stereocenters. The van der Waals surface area contributed by atoms with Crippen molar-refractivity contribution in [1.29, 1.82) is 0 Å². The highest BCUT2D eigenvalue weighted by molar-refractivity contribution is 5.77. The second kappa shape index (κ2) is 5.91. The van der Waals surface area contributed by atoms with E-state index < -0.39 is 11.9 Å². The van der Waals surface area contributed by atoms with Crippen LogP contribution in [0.1, 0.15) is 33.7 Å². The molecule has 0 bridgehead atoms. The summed E-state index contributed by atoms with van der Waals surface area (Å²) in [7, 11) is 0. The molecule has 2 aromatic carbocycles. The quantitative estimate of drug-likeness (QED) is 0.909. The summed E-state index contributed by atoms with van der Waals surface area (Å²) in [6, 6.07) is 13.9. The summed E-state index contributed by atoms with van der Waals surface area (Å²) < 4.78 is 0. The van der Waals surface area contributed by atoms with Gasteiger partial charge in [-0.05, 0) is 49.4 Å². The van der Waals surface area contributed by atoms with Gasteiger partial charge in [-0.1, -0.05) is 48.0 Å². The fraction of sp³-hybridized carbons (Fsp3) is 0.278. The lowest BCUT2D eigenvalue weighted by Crippen LogP contribution is -2.17.